The van der Waals surface area contributed by atoms with E-state index in [9.17, 15) is 4.39 Å². The van der Waals surface area contributed by atoms with Gasteiger partial charge in [-0.05, 0) is 30.7 Å². The number of benzene rings is 2. The average molecular weight is 344 g/mol. The molecule has 0 radical (unpaired) electrons. The van der Waals surface area contributed by atoms with Gasteiger partial charge in [0.1, 0.15) is 5.82 Å². The minimum Gasteiger partial charge on any atom is -0.349 e. The van der Waals surface area contributed by atoms with Crippen molar-refractivity contribution in [3.63, 3.8) is 0 Å². The van der Waals surface area contributed by atoms with Gasteiger partial charge in [0, 0.05) is 22.8 Å². The summed E-state index contributed by atoms with van der Waals surface area (Å²) in [5.74, 6) is 0.552. The summed E-state index contributed by atoms with van der Waals surface area (Å²) in [4.78, 5) is 4.32. The van der Waals surface area contributed by atoms with E-state index in [2.05, 4.69) is 25.8 Å². The van der Waals surface area contributed by atoms with Gasteiger partial charge in [-0.1, -0.05) is 35.9 Å². The fraction of sp³-hybridized carbons (Fsp3) is 0.118. The first kappa shape index (κ1) is 16.1. The highest BCUT2D eigenvalue weighted by atomic mass is 35.5. The summed E-state index contributed by atoms with van der Waals surface area (Å²) in [5.41, 5.74) is 2.28. The maximum atomic E-state index is 13.6. The highest BCUT2D eigenvalue weighted by Crippen LogP contribution is 2.25. The van der Waals surface area contributed by atoms with Crippen LogP contribution in [0.4, 0.5) is 21.8 Å². The zero-order valence-electron chi connectivity index (χ0n) is 12.9. The second kappa shape index (κ2) is 7.23. The number of anilines is 3. The van der Waals surface area contributed by atoms with E-state index in [1.54, 1.807) is 18.2 Å². The summed E-state index contributed by atoms with van der Waals surface area (Å²) >= 11 is 6.11. The predicted molar refractivity (Wildman–Crippen MR) is 93.0 cm³/mol. The zero-order valence-corrected chi connectivity index (χ0v) is 13.7. The summed E-state index contributed by atoms with van der Waals surface area (Å²) in [6.45, 7) is 2.19. The Kier molecular flexibility index (Phi) is 4.86. The van der Waals surface area contributed by atoms with Gasteiger partial charge in [-0.15, -0.1) is 5.10 Å². The Hall–Kier alpha value is -2.73. The first-order valence-electron chi connectivity index (χ1n) is 7.32. The molecule has 0 aliphatic carbocycles. The lowest BCUT2D eigenvalue weighted by molar-refractivity contribution is 0.612. The number of aromatic nitrogens is 3. The molecule has 3 rings (SSSR count). The minimum absolute atomic E-state index is 0.272. The molecule has 3 aromatic rings. The van der Waals surface area contributed by atoms with Gasteiger partial charge in [0.25, 0.3) is 0 Å². The standard InChI is InChI=1S/C17H15ClFN5/c1-11-13(18)6-4-8-15(11)22-16-10-21-24-17(23-16)20-9-12-5-2-3-7-14(12)19/h2-8,10H,9H2,1H3,(H2,20,22,23,24). The molecule has 0 aliphatic heterocycles. The van der Waals surface area contributed by atoms with Crippen LogP contribution in [0.2, 0.25) is 5.02 Å². The summed E-state index contributed by atoms with van der Waals surface area (Å²) < 4.78 is 13.6. The van der Waals surface area contributed by atoms with Gasteiger partial charge in [-0.25, -0.2) is 4.39 Å². The van der Waals surface area contributed by atoms with Crippen molar-refractivity contribution in [2.24, 2.45) is 0 Å². The van der Waals surface area contributed by atoms with Crippen molar-refractivity contribution in [2.45, 2.75) is 13.5 Å². The molecule has 0 amide bonds. The minimum atomic E-state index is -0.276. The fourth-order valence-electron chi connectivity index (χ4n) is 2.14. The van der Waals surface area contributed by atoms with Crippen molar-refractivity contribution in [1.29, 1.82) is 0 Å². The van der Waals surface area contributed by atoms with Crippen molar-refractivity contribution in [3.8, 4) is 0 Å². The average Bonchev–Trinajstić information content (AvgIpc) is 2.59. The van der Waals surface area contributed by atoms with Gasteiger partial charge in [0.15, 0.2) is 5.82 Å². The summed E-state index contributed by atoms with van der Waals surface area (Å²) in [6, 6.07) is 12.1. The Morgan fingerprint density at radius 3 is 2.79 bits per heavy atom. The Bertz CT molecular complexity index is 856. The molecule has 0 bridgehead atoms. The number of rotatable bonds is 5. The van der Waals surface area contributed by atoms with Crippen LogP contribution >= 0.6 is 11.6 Å². The van der Waals surface area contributed by atoms with Crippen LogP contribution in [0.25, 0.3) is 0 Å². The van der Waals surface area contributed by atoms with E-state index in [4.69, 9.17) is 11.6 Å². The van der Waals surface area contributed by atoms with Crippen molar-refractivity contribution in [2.75, 3.05) is 10.6 Å². The maximum absolute atomic E-state index is 13.6. The van der Waals surface area contributed by atoms with Gasteiger partial charge < -0.3 is 10.6 Å². The molecule has 0 unspecified atom stereocenters. The molecular weight excluding hydrogens is 329 g/mol. The first-order chi connectivity index (χ1) is 11.6. The van der Waals surface area contributed by atoms with Gasteiger partial charge >= 0.3 is 0 Å². The molecule has 0 fully saturated rings. The molecule has 1 heterocycles. The summed E-state index contributed by atoms with van der Waals surface area (Å²) in [6.07, 6.45) is 1.51. The number of hydrogen-bond donors (Lipinski definition) is 2. The first-order valence-corrected chi connectivity index (χ1v) is 7.70. The molecule has 0 spiro atoms. The molecule has 7 heteroatoms. The van der Waals surface area contributed by atoms with E-state index in [0.717, 1.165) is 11.3 Å². The van der Waals surface area contributed by atoms with Crippen molar-refractivity contribution >= 4 is 29.1 Å². The van der Waals surface area contributed by atoms with Crippen LogP contribution in [0.5, 0.6) is 0 Å². The van der Waals surface area contributed by atoms with E-state index >= 15 is 0 Å². The smallest absolute Gasteiger partial charge is 0.244 e. The maximum Gasteiger partial charge on any atom is 0.244 e. The van der Waals surface area contributed by atoms with E-state index in [-0.39, 0.29) is 12.4 Å². The van der Waals surface area contributed by atoms with Crippen LogP contribution in [0, 0.1) is 12.7 Å². The lowest BCUT2D eigenvalue weighted by Crippen LogP contribution is -2.07. The Balaban J connectivity index is 1.72. The second-order valence-electron chi connectivity index (χ2n) is 5.15. The monoisotopic (exact) mass is 343 g/mol. The third-order valence-corrected chi connectivity index (χ3v) is 3.89. The quantitative estimate of drug-likeness (QED) is 0.722. The van der Waals surface area contributed by atoms with Crippen molar-refractivity contribution < 1.29 is 4.39 Å². The molecule has 0 atom stereocenters. The topological polar surface area (TPSA) is 62.7 Å². The van der Waals surface area contributed by atoms with Gasteiger partial charge in [-0.3, -0.25) is 0 Å². The van der Waals surface area contributed by atoms with Crippen LogP contribution in [0.15, 0.2) is 48.7 Å². The third-order valence-electron chi connectivity index (χ3n) is 3.48. The van der Waals surface area contributed by atoms with Crippen LogP contribution in [-0.2, 0) is 6.54 Å². The molecule has 0 aliphatic rings. The van der Waals surface area contributed by atoms with Crippen LogP contribution < -0.4 is 10.6 Å². The van der Waals surface area contributed by atoms with Crippen LogP contribution in [0.1, 0.15) is 11.1 Å². The molecule has 5 nitrogen and oxygen atoms in total. The molecule has 1 aromatic heterocycles. The zero-order chi connectivity index (χ0) is 16.9. The molecule has 2 N–H and O–H groups in total. The lowest BCUT2D eigenvalue weighted by Gasteiger charge is -2.10. The summed E-state index contributed by atoms with van der Waals surface area (Å²) in [7, 11) is 0. The van der Waals surface area contributed by atoms with E-state index in [1.807, 2.05) is 25.1 Å². The normalized spacial score (nSPS) is 10.5. The number of halogens is 2. The largest absolute Gasteiger partial charge is 0.349 e. The SMILES string of the molecule is Cc1c(Cl)cccc1Nc1cnnc(NCc2ccccc2F)n1. The van der Waals surface area contributed by atoms with Crippen LogP contribution in [-0.4, -0.2) is 15.2 Å². The fourth-order valence-corrected chi connectivity index (χ4v) is 2.31. The molecule has 122 valence electrons. The van der Waals surface area contributed by atoms with E-state index < -0.39 is 0 Å². The number of nitrogens with one attached hydrogen (secondary N) is 2. The lowest BCUT2D eigenvalue weighted by atomic mass is 10.2. The van der Waals surface area contributed by atoms with E-state index in [0.29, 0.717) is 22.4 Å². The number of nitrogens with zero attached hydrogens (tertiary/aromatic N) is 3. The van der Waals surface area contributed by atoms with Gasteiger partial charge in [0.05, 0.1) is 6.20 Å². The van der Waals surface area contributed by atoms with Crippen LogP contribution in [0.3, 0.4) is 0 Å². The Morgan fingerprint density at radius 2 is 1.96 bits per heavy atom. The molecular formula is C17H15ClFN5. The third kappa shape index (κ3) is 3.78. The Morgan fingerprint density at radius 1 is 1.12 bits per heavy atom. The highest BCUT2D eigenvalue weighted by Gasteiger charge is 2.06. The Labute approximate surface area is 143 Å². The predicted octanol–water partition coefficient (Wildman–Crippen LogP) is 4.33. The van der Waals surface area contributed by atoms with Crippen molar-refractivity contribution in [3.05, 3.63) is 70.6 Å². The molecule has 2 aromatic carbocycles. The molecule has 0 saturated carbocycles. The van der Waals surface area contributed by atoms with Gasteiger partial charge in [0.2, 0.25) is 5.95 Å². The van der Waals surface area contributed by atoms with E-state index in [1.165, 1.54) is 12.3 Å². The van der Waals surface area contributed by atoms with Gasteiger partial charge in [-0.2, -0.15) is 10.1 Å². The molecule has 24 heavy (non-hydrogen) atoms. The highest BCUT2D eigenvalue weighted by molar-refractivity contribution is 6.31. The summed E-state index contributed by atoms with van der Waals surface area (Å²) in [5, 5.41) is 14.6. The van der Waals surface area contributed by atoms with Crippen molar-refractivity contribution in [1.82, 2.24) is 15.2 Å². The second-order valence-corrected chi connectivity index (χ2v) is 5.55. The molecule has 0 saturated heterocycles. The number of hydrogen-bond acceptors (Lipinski definition) is 5.